The van der Waals surface area contributed by atoms with Crippen molar-refractivity contribution in [1.82, 2.24) is 10.3 Å². The standard InChI is InChI=1S/C22H24N2/c1-16-7-10-22-21(12-14-24-22)20(16)9-8-19-15-18(11-13-23-19)17-5-3-2-4-6-17/h2-7,10-12,14,19,23-24H,8-9,13,15H2,1H3. The summed E-state index contributed by atoms with van der Waals surface area (Å²) in [5.41, 5.74) is 6.99. The summed E-state index contributed by atoms with van der Waals surface area (Å²) in [6, 6.07) is 18.0. The van der Waals surface area contributed by atoms with Crippen LogP contribution in [0, 0.1) is 6.92 Å². The number of fused-ring (bicyclic) bond motifs is 1. The van der Waals surface area contributed by atoms with Crippen molar-refractivity contribution in [3.8, 4) is 0 Å². The SMILES string of the molecule is Cc1ccc2[nH]ccc2c1CCC1CC(c2ccccc2)=CCN1. The highest BCUT2D eigenvalue weighted by Crippen LogP contribution is 2.27. The van der Waals surface area contributed by atoms with E-state index < -0.39 is 0 Å². The molecule has 4 rings (SSSR count). The van der Waals surface area contributed by atoms with Crippen LogP contribution in [-0.4, -0.2) is 17.6 Å². The maximum absolute atomic E-state index is 3.67. The van der Waals surface area contributed by atoms with Gasteiger partial charge in [0.2, 0.25) is 0 Å². The number of rotatable bonds is 4. The van der Waals surface area contributed by atoms with Gasteiger partial charge in [-0.25, -0.2) is 0 Å². The van der Waals surface area contributed by atoms with Crippen molar-refractivity contribution in [2.45, 2.75) is 32.2 Å². The molecule has 1 unspecified atom stereocenters. The molecule has 0 saturated heterocycles. The van der Waals surface area contributed by atoms with E-state index in [1.807, 2.05) is 6.20 Å². The van der Waals surface area contributed by atoms with Crippen LogP contribution in [0.3, 0.4) is 0 Å². The molecule has 1 aliphatic rings. The highest BCUT2D eigenvalue weighted by atomic mass is 14.9. The quantitative estimate of drug-likeness (QED) is 0.707. The van der Waals surface area contributed by atoms with Gasteiger partial charge in [0.15, 0.2) is 0 Å². The molecule has 0 saturated carbocycles. The fraction of sp³-hybridized carbons (Fsp3) is 0.273. The number of benzene rings is 2. The van der Waals surface area contributed by atoms with Gasteiger partial charge in [0.25, 0.3) is 0 Å². The minimum Gasteiger partial charge on any atom is -0.361 e. The first-order chi connectivity index (χ1) is 11.8. The van der Waals surface area contributed by atoms with Crippen molar-refractivity contribution in [2.24, 2.45) is 0 Å². The summed E-state index contributed by atoms with van der Waals surface area (Å²) >= 11 is 0. The number of H-pyrrole nitrogens is 1. The summed E-state index contributed by atoms with van der Waals surface area (Å²) in [5, 5.41) is 5.05. The molecule has 2 heterocycles. The van der Waals surface area contributed by atoms with Crippen LogP contribution < -0.4 is 5.32 Å². The first kappa shape index (κ1) is 15.2. The number of aryl methyl sites for hydroxylation is 2. The summed E-state index contributed by atoms with van der Waals surface area (Å²) in [5.74, 6) is 0. The molecular weight excluding hydrogens is 292 g/mol. The van der Waals surface area contributed by atoms with E-state index >= 15 is 0 Å². The Labute approximate surface area is 143 Å². The van der Waals surface area contributed by atoms with Gasteiger partial charge in [-0.05, 0) is 60.6 Å². The Morgan fingerprint density at radius 2 is 1.92 bits per heavy atom. The van der Waals surface area contributed by atoms with Gasteiger partial charge >= 0.3 is 0 Å². The van der Waals surface area contributed by atoms with Crippen molar-refractivity contribution in [3.05, 3.63) is 77.5 Å². The molecule has 24 heavy (non-hydrogen) atoms. The van der Waals surface area contributed by atoms with Crippen LogP contribution in [0.2, 0.25) is 0 Å². The van der Waals surface area contributed by atoms with E-state index in [-0.39, 0.29) is 0 Å². The third kappa shape index (κ3) is 3.02. The molecule has 0 aliphatic carbocycles. The molecule has 1 aliphatic heterocycles. The predicted octanol–water partition coefficient (Wildman–Crippen LogP) is 4.85. The van der Waals surface area contributed by atoms with E-state index in [2.05, 4.69) is 71.8 Å². The Morgan fingerprint density at radius 3 is 2.79 bits per heavy atom. The number of aromatic nitrogens is 1. The number of hydrogen-bond acceptors (Lipinski definition) is 1. The fourth-order valence-corrected chi connectivity index (χ4v) is 3.82. The Balaban J connectivity index is 1.47. The van der Waals surface area contributed by atoms with Crippen LogP contribution in [0.4, 0.5) is 0 Å². The summed E-state index contributed by atoms with van der Waals surface area (Å²) in [7, 11) is 0. The van der Waals surface area contributed by atoms with Crippen molar-refractivity contribution in [2.75, 3.05) is 6.54 Å². The molecule has 0 radical (unpaired) electrons. The van der Waals surface area contributed by atoms with Gasteiger partial charge in [-0.1, -0.05) is 42.5 Å². The first-order valence-electron chi connectivity index (χ1n) is 8.84. The fourth-order valence-electron chi connectivity index (χ4n) is 3.82. The molecule has 0 bridgehead atoms. The van der Waals surface area contributed by atoms with Crippen molar-refractivity contribution in [1.29, 1.82) is 0 Å². The van der Waals surface area contributed by atoms with Crippen LogP contribution in [-0.2, 0) is 6.42 Å². The van der Waals surface area contributed by atoms with E-state index in [1.54, 1.807) is 0 Å². The van der Waals surface area contributed by atoms with Crippen LogP contribution in [0.15, 0.2) is 60.8 Å². The average molecular weight is 316 g/mol. The summed E-state index contributed by atoms with van der Waals surface area (Å²) in [6.07, 6.45) is 7.80. The van der Waals surface area contributed by atoms with Gasteiger partial charge in [0, 0.05) is 29.7 Å². The molecule has 2 N–H and O–H groups in total. The van der Waals surface area contributed by atoms with Gasteiger partial charge in [-0.3, -0.25) is 0 Å². The van der Waals surface area contributed by atoms with E-state index in [9.17, 15) is 0 Å². The first-order valence-corrected chi connectivity index (χ1v) is 8.84. The molecular formula is C22H24N2. The second-order valence-electron chi connectivity index (χ2n) is 6.74. The van der Waals surface area contributed by atoms with Gasteiger partial charge in [-0.15, -0.1) is 0 Å². The second kappa shape index (κ2) is 6.66. The Morgan fingerprint density at radius 1 is 1.04 bits per heavy atom. The van der Waals surface area contributed by atoms with Gasteiger partial charge in [-0.2, -0.15) is 0 Å². The van der Waals surface area contributed by atoms with Crippen LogP contribution in [0.25, 0.3) is 16.5 Å². The van der Waals surface area contributed by atoms with Gasteiger partial charge in [0.1, 0.15) is 0 Å². The lowest BCUT2D eigenvalue weighted by Crippen LogP contribution is -2.33. The third-order valence-electron chi connectivity index (χ3n) is 5.19. The zero-order valence-corrected chi connectivity index (χ0v) is 14.2. The van der Waals surface area contributed by atoms with E-state index in [0.717, 1.165) is 19.4 Å². The lowest BCUT2D eigenvalue weighted by Gasteiger charge is -2.25. The molecule has 2 aromatic carbocycles. The maximum atomic E-state index is 3.67. The second-order valence-corrected chi connectivity index (χ2v) is 6.74. The molecule has 0 fully saturated rings. The average Bonchev–Trinajstić information content (AvgIpc) is 3.11. The minimum absolute atomic E-state index is 0.554. The molecule has 1 atom stereocenters. The predicted molar refractivity (Wildman–Crippen MR) is 102 cm³/mol. The lowest BCUT2D eigenvalue weighted by molar-refractivity contribution is 0.501. The number of nitrogens with one attached hydrogen (secondary N) is 2. The third-order valence-corrected chi connectivity index (χ3v) is 5.19. The highest BCUT2D eigenvalue weighted by molar-refractivity contribution is 5.84. The zero-order chi connectivity index (χ0) is 16.4. The highest BCUT2D eigenvalue weighted by Gasteiger charge is 2.17. The zero-order valence-electron chi connectivity index (χ0n) is 14.2. The van der Waals surface area contributed by atoms with Crippen LogP contribution in [0.1, 0.15) is 29.5 Å². The van der Waals surface area contributed by atoms with Crippen molar-refractivity contribution >= 4 is 16.5 Å². The summed E-state index contributed by atoms with van der Waals surface area (Å²) in [4.78, 5) is 3.33. The van der Waals surface area contributed by atoms with Crippen molar-refractivity contribution in [3.63, 3.8) is 0 Å². The molecule has 0 amide bonds. The summed E-state index contributed by atoms with van der Waals surface area (Å²) in [6.45, 7) is 3.20. The number of aromatic amines is 1. The molecule has 0 spiro atoms. The molecule has 2 heteroatoms. The smallest absolute Gasteiger partial charge is 0.0456 e. The van der Waals surface area contributed by atoms with E-state index in [0.29, 0.717) is 6.04 Å². The Kier molecular flexibility index (Phi) is 4.22. The van der Waals surface area contributed by atoms with Gasteiger partial charge < -0.3 is 10.3 Å². The van der Waals surface area contributed by atoms with Crippen LogP contribution in [0.5, 0.6) is 0 Å². The van der Waals surface area contributed by atoms with Crippen LogP contribution >= 0.6 is 0 Å². The van der Waals surface area contributed by atoms with E-state index in [4.69, 9.17) is 0 Å². The topological polar surface area (TPSA) is 27.8 Å². The molecule has 2 nitrogen and oxygen atoms in total. The molecule has 1 aromatic heterocycles. The minimum atomic E-state index is 0.554. The Hall–Kier alpha value is -2.32. The number of hydrogen-bond donors (Lipinski definition) is 2. The van der Waals surface area contributed by atoms with Crippen molar-refractivity contribution < 1.29 is 0 Å². The summed E-state index contributed by atoms with van der Waals surface area (Å²) < 4.78 is 0. The Bertz CT molecular complexity index is 858. The van der Waals surface area contributed by atoms with Gasteiger partial charge in [0.05, 0.1) is 0 Å². The van der Waals surface area contributed by atoms with E-state index in [1.165, 1.54) is 39.6 Å². The largest absolute Gasteiger partial charge is 0.361 e. The normalized spacial score (nSPS) is 17.9. The lowest BCUT2D eigenvalue weighted by atomic mass is 9.91. The monoisotopic (exact) mass is 316 g/mol. The molecule has 122 valence electrons. The maximum Gasteiger partial charge on any atom is 0.0456 e. The molecule has 3 aromatic rings.